The third-order valence-corrected chi connectivity index (χ3v) is 3.45. The van der Waals surface area contributed by atoms with Crippen LogP contribution in [0, 0.1) is 0 Å². The lowest BCUT2D eigenvalue weighted by atomic mass is 10.0. The predicted octanol–water partition coefficient (Wildman–Crippen LogP) is 1.79. The molecular weight excluding hydrogens is 256 g/mol. The molecule has 5 nitrogen and oxygen atoms in total. The largest absolute Gasteiger partial charge is 0.495 e. The maximum absolute atomic E-state index is 11.9. The second-order valence-corrected chi connectivity index (χ2v) is 5.07. The second-order valence-electron chi connectivity index (χ2n) is 5.07. The van der Waals surface area contributed by atoms with Crippen molar-refractivity contribution in [3.63, 3.8) is 0 Å². The third kappa shape index (κ3) is 4.21. The number of hydrogen-bond acceptors (Lipinski definition) is 4. The molecule has 2 unspecified atom stereocenters. The molecule has 1 aromatic rings. The Morgan fingerprint density at radius 1 is 1.40 bits per heavy atom. The SMILES string of the molecule is COc1ccccc1NC(=O)COC1CCC(C)NC1. The van der Waals surface area contributed by atoms with Gasteiger partial charge in [0, 0.05) is 12.6 Å². The highest BCUT2D eigenvalue weighted by atomic mass is 16.5. The normalized spacial score (nSPS) is 22.3. The highest BCUT2D eigenvalue weighted by Crippen LogP contribution is 2.22. The zero-order valence-electron chi connectivity index (χ0n) is 12.0. The number of para-hydroxylation sites is 2. The molecule has 1 aromatic carbocycles. The first-order valence-corrected chi connectivity index (χ1v) is 6.97. The molecule has 1 amide bonds. The molecule has 2 N–H and O–H groups in total. The van der Waals surface area contributed by atoms with Gasteiger partial charge in [-0.1, -0.05) is 12.1 Å². The number of ether oxygens (including phenoxy) is 2. The number of hydrogen-bond donors (Lipinski definition) is 2. The number of rotatable bonds is 5. The predicted molar refractivity (Wildman–Crippen MR) is 78.1 cm³/mol. The van der Waals surface area contributed by atoms with Gasteiger partial charge < -0.3 is 20.1 Å². The van der Waals surface area contributed by atoms with E-state index in [1.54, 1.807) is 13.2 Å². The van der Waals surface area contributed by atoms with Gasteiger partial charge in [-0.15, -0.1) is 0 Å². The summed E-state index contributed by atoms with van der Waals surface area (Å²) in [6, 6.07) is 7.87. The summed E-state index contributed by atoms with van der Waals surface area (Å²) >= 11 is 0. The quantitative estimate of drug-likeness (QED) is 0.862. The zero-order chi connectivity index (χ0) is 14.4. The Labute approximate surface area is 119 Å². The fourth-order valence-electron chi connectivity index (χ4n) is 2.24. The molecule has 5 heteroatoms. The van der Waals surface area contributed by atoms with E-state index in [9.17, 15) is 4.79 Å². The highest BCUT2D eigenvalue weighted by Gasteiger charge is 2.19. The molecule has 0 aromatic heterocycles. The summed E-state index contributed by atoms with van der Waals surface area (Å²) in [7, 11) is 1.58. The number of anilines is 1. The third-order valence-electron chi connectivity index (χ3n) is 3.45. The van der Waals surface area contributed by atoms with Crippen molar-refractivity contribution in [3.8, 4) is 5.75 Å². The van der Waals surface area contributed by atoms with Gasteiger partial charge in [0.15, 0.2) is 0 Å². The molecular formula is C15H22N2O3. The lowest BCUT2D eigenvalue weighted by molar-refractivity contribution is -0.123. The lowest BCUT2D eigenvalue weighted by Crippen LogP contribution is -2.41. The minimum Gasteiger partial charge on any atom is -0.495 e. The van der Waals surface area contributed by atoms with E-state index in [1.807, 2.05) is 18.2 Å². The Morgan fingerprint density at radius 3 is 2.90 bits per heavy atom. The molecule has 2 atom stereocenters. The van der Waals surface area contributed by atoms with Crippen LogP contribution in [0.4, 0.5) is 5.69 Å². The summed E-state index contributed by atoms with van der Waals surface area (Å²) in [5.74, 6) is 0.488. The van der Waals surface area contributed by atoms with Crippen LogP contribution in [0.3, 0.4) is 0 Å². The minimum atomic E-state index is -0.159. The number of carbonyl (C=O) groups is 1. The Morgan fingerprint density at radius 2 is 2.20 bits per heavy atom. The zero-order valence-corrected chi connectivity index (χ0v) is 12.0. The lowest BCUT2D eigenvalue weighted by Gasteiger charge is -2.27. The number of benzene rings is 1. The fraction of sp³-hybridized carbons (Fsp3) is 0.533. The number of carbonyl (C=O) groups excluding carboxylic acids is 1. The summed E-state index contributed by atoms with van der Waals surface area (Å²) < 4.78 is 10.8. The number of methoxy groups -OCH3 is 1. The van der Waals surface area contributed by atoms with E-state index in [2.05, 4.69) is 17.6 Å². The maximum Gasteiger partial charge on any atom is 0.250 e. The van der Waals surface area contributed by atoms with Crippen LogP contribution in [0.15, 0.2) is 24.3 Å². The van der Waals surface area contributed by atoms with Crippen molar-refractivity contribution in [2.45, 2.75) is 31.9 Å². The van der Waals surface area contributed by atoms with Gasteiger partial charge >= 0.3 is 0 Å². The Kier molecular flexibility index (Phi) is 5.38. The molecule has 2 rings (SSSR count). The monoisotopic (exact) mass is 278 g/mol. The van der Waals surface area contributed by atoms with Crippen molar-refractivity contribution in [2.75, 3.05) is 25.6 Å². The van der Waals surface area contributed by atoms with Crippen LogP contribution >= 0.6 is 0 Å². The first-order valence-electron chi connectivity index (χ1n) is 6.97. The molecule has 0 spiro atoms. The van der Waals surface area contributed by atoms with E-state index in [-0.39, 0.29) is 18.6 Å². The van der Waals surface area contributed by atoms with Gasteiger partial charge in [0.1, 0.15) is 12.4 Å². The molecule has 1 saturated heterocycles. The van der Waals surface area contributed by atoms with Gasteiger partial charge in [-0.25, -0.2) is 0 Å². The van der Waals surface area contributed by atoms with Crippen LogP contribution in [0.25, 0.3) is 0 Å². The smallest absolute Gasteiger partial charge is 0.250 e. The first-order chi connectivity index (χ1) is 9.69. The van der Waals surface area contributed by atoms with Gasteiger partial charge in [0.2, 0.25) is 5.91 Å². The van der Waals surface area contributed by atoms with Crippen LogP contribution in [-0.4, -0.2) is 38.3 Å². The standard InChI is InChI=1S/C15H22N2O3/c1-11-7-8-12(9-16-11)20-10-15(18)17-13-5-3-4-6-14(13)19-2/h3-6,11-12,16H,7-10H2,1-2H3,(H,17,18). The van der Waals surface area contributed by atoms with Crippen molar-refractivity contribution in [2.24, 2.45) is 0 Å². The molecule has 0 radical (unpaired) electrons. The van der Waals surface area contributed by atoms with E-state index >= 15 is 0 Å². The van der Waals surface area contributed by atoms with Gasteiger partial charge in [-0.05, 0) is 31.9 Å². The summed E-state index contributed by atoms with van der Waals surface area (Å²) in [6.45, 7) is 3.03. The molecule has 0 bridgehead atoms. The van der Waals surface area contributed by atoms with E-state index < -0.39 is 0 Å². The van der Waals surface area contributed by atoms with Crippen LogP contribution in [0.1, 0.15) is 19.8 Å². The van der Waals surface area contributed by atoms with E-state index in [4.69, 9.17) is 9.47 Å². The van der Waals surface area contributed by atoms with Crippen molar-refractivity contribution in [1.29, 1.82) is 0 Å². The first kappa shape index (κ1) is 14.8. The van der Waals surface area contributed by atoms with Gasteiger partial charge in [0.05, 0.1) is 18.9 Å². The van der Waals surface area contributed by atoms with Crippen molar-refractivity contribution < 1.29 is 14.3 Å². The molecule has 20 heavy (non-hydrogen) atoms. The molecule has 0 aliphatic carbocycles. The molecule has 0 saturated carbocycles. The summed E-state index contributed by atoms with van der Waals surface area (Å²) in [6.07, 6.45) is 2.20. The average Bonchev–Trinajstić information content (AvgIpc) is 2.47. The number of piperidine rings is 1. The Balaban J connectivity index is 1.78. The highest BCUT2D eigenvalue weighted by molar-refractivity contribution is 5.93. The average molecular weight is 278 g/mol. The Hall–Kier alpha value is -1.59. The maximum atomic E-state index is 11.9. The van der Waals surface area contributed by atoms with E-state index in [0.29, 0.717) is 17.5 Å². The molecule has 1 aliphatic rings. The van der Waals surface area contributed by atoms with Gasteiger partial charge in [-0.2, -0.15) is 0 Å². The van der Waals surface area contributed by atoms with Crippen LogP contribution in [0.2, 0.25) is 0 Å². The van der Waals surface area contributed by atoms with Crippen LogP contribution < -0.4 is 15.4 Å². The van der Waals surface area contributed by atoms with Crippen LogP contribution in [0.5, 0.6) is 5.75 Å². The number of amides is 1. The molecule has 110 valence electrons. The summed E-state index contributed by atoms with van der Waals surface area (Å²) in [5.41, 5.74) is 0.666. The van der Waals surface area contributed by atoms with Gasteiger partial charge in [0.25, 0.3) is 0 Å². The van der Waals surface area contributed by atoms with Crippen molar-refractivity contribution >= 4 is 11.6 Å². The van der Waals surface area contributed by atoms with Crippen molar-refractivity contribution in [3.05, 3.63) is 24.3 Å². The van der Waals surface area contributed by atoms with E-state index in [1.165, 1.54) is 0 Å². The number of nitrogens with one attached hydrogen (secondary N) is 2. The van der Waals surface area contributed by atoms with E-state index in [0.717, 1.165) is 19.4 Å². The van der Waals surface area contributed by atoms with Crippen molar-refractivity contribution in [1.82, 2.24) is 5.32 Å². The minimum absolute atomic E-state index is 0.0682. The molecule has 1 aliphatic heterocycles. The summed E-state index contributed by atoms with van der Waals surface area (Å²) in [5, 5.41) is 6.15. The second kappa shape index (κ2) is 7.26. The topological polar surface area (TPSA) is 59.6 Å². The fourth-order valence-corrected chi connectivity index (χ4v) is 2.24. The molecule has 1 fully saturated rings. The van der Waals surface area contributed by atoms with Crippen LogP contribution in [-0.2, 0) is 9.53 Å². The summed E-state index contributed by atoms with van der Waals surface area (Å²) in [4.78, 5) is 11.9. The Bertz CT molecular complexity index is 442. The molecule has 1 heterocycles. The van der Waals surface area contributed by atoms with Gasteiger partial charge in [-0.3, -0.25) is 4.79 Å².